The minimum atomic E-state index is 1.01. The van der Waals surface area contributed by atoms with Crippen LogP contribution in [0.3, 0.4) is 0 Å². The van der Waals surface area contributed by atoms with E-state index in [0.717, 1.165) is 6.42 Å². The van der Waals surface area contributed by atoms with Crippen molar-refractivity contribution in [2.24, 2.45) is 0 Å². The van der Waals surface area contributed by atoms with Crippen molar-refractivity contribution in [3.8, 4) is 0 Å². The maximum atomic E-state index is 2.99. The summed E-state index contributed by atoms with van der Waals surface area (Å²) in [5.41, 5.74) is 0. The summed E-state index contributed by atoms with van der Waals surface area (Å²) in [5.74, 6) is 0. The number of hydrogen-bond acceptors (Lipinski definition) is 0. The quantitative estimate of drug-likeness (QED) is 0.482. The van der Waals surface area contributed by atoms with Crippen LogP contribution in [0.4, 0.5) is 0 Å². The van der Waals surface area contributed by atoms with Crippen LogP contribution in [0, 0.1) is 6.08 Å². The molecule has 1 aliphatic rings. The molecule has 0 nitrogen and oxygen atoms in total. The summed E-state index contributed by atoms with van der Waals surface area (Å²) in [4.78, 5) is 0. The zero-order valence-corrected chi connectivity index (χ0v) is 15.4. The first kappa shape index (κ1) is 16.9. The molecule has 0 heterocycles. The van der Waals surface area contributed by atoms with Gasteiger partial charge in [0, 0.05) is 0 Å². The van der Waals surface area contributed by atoms with Crippen LogP contribution < -0.4 is 0 Å². The molecule has 0 N–H and O–H groups in total. The average Bonchev–Trinajstić information content (AvgIpc) is 3.26. The fourth-order valence-electron chi connectivity index (χ4n) is 2.24. The molecule has 108 valence electrons. The second kappa shape index (κ2) is 9.54. The summed E-state index contributed by atoms with van der Waals surface area (Å²) in [6.07, 6.45) is 11.2. The number of rotatable bonds is 1. The first-order valence-corrected chi connectivity index (χ1v) is 9.02. The van der Waals surface area contributed by atoms with Crippen LogP contribution in [0.25, 0.3) is 21.5 Å². The standard InChI is InChI=1S/C13H9.C5H5.C3H6.Zr/c1-3-7-12-10(5-1)9-11-6-2-4-8-13(11)12;1-2-4-5-3-1;1-3-2;/h1-9H;1-3H,4H2;1H,3H2,2H3;/q2*-1;;+2. The molecule has 0 saturated carbocycles. The van der Waals surface area contributed by atoms with E-state index in [0.29, 0.717) is 0 Å². The first-order chi connectivity index (χ1) is 10.9. The molecule has 3 aromatic rings. The molecule has 0 atom stereocenters. The largest absolute Gasteiger partial charge is 0.273 e. The zero-order valence-electron chi connectivity index (χ0n) is 12.9. The van der Waals surface area contributed by atoms with Crippen LogP contribution >= 0.6 is 0 Å². The molecule has 0 aromatic heterocycles. The van der Waals surface area contributed by atoms with E-state index in [4.69, 9.17) is 0 Å². The number of benzene rings is 2. The molecule has 0 radical (unpaired) electrons. The summed E-state index contributed by atoms with van der Waals surface area (Å²) in [5, 5.41) is 5.39. The van der Waals surface area contributed by atoms with Gasteiger partial charge >= 0.3 is 41.3 Å². The Bertz CT molecular complexity index is 714. The maximum absolute atomic E-state index is 2.99. The van der Waals surface area contributed by atoms with Crippen molar-refractivity contribution in [2.75, 3.05) is 0 Å². The predicted octanol–water partition coefficient (Wildman–Crippen LogP) is 5.76. The molecule has 0 unspecified atom stereocenters. The van der Waals surface area contributed by atoms with E-state index in [1.807, 2.05) is 12.2 Å². The van der Waals surface area contributed by atoms with Gasteiger partial charge < -0.3 is 0 Å². The van der Waals surface area contributed by atoms with Crippen LogP contribution in [0.1, 0.15) is 19.8 Å². The second-order valence-corrected chi connectivity index (χ2v) is 5.94. The SMILES string of the molecule is CC[CH]=[Zr+2].[C-]1=CC=CC1.c1ccc2c(c1)[cH-]c1ccccc12. The van der Waals surface area contributed by atoms with Crippen molar-refractivity contribution >= 4 is 25.3 Å². The van der Waals surface area contributed by atoms with Crippen LogP contribution in [0.15, 0.2) is 72.8 Å². The van der Waals surface area contributed by atoms with E-state index in [1.165, 1.54) is 28.0 Å². The van der Waals surface area contributed by atoms with Crippen molar-refractivity contribution in [1.82, 2.24) is 0 Å². The number of hydrogen-bond donors (Lipinski definition) is 0. The molecule has 22 heavy (non-hydrogen) atoms. The third kappa shape index (κ3) is 4.78. The summed E-state index contributed by atoms with van der Waals surface area (Å²) in [6, 6.07) is 19.3. The normalized spacial score (nSPS) is 11.8. The number of allylic oxidation sites excluding steroid dienone is 4. The molecule has 0 bridgehead atoms. The summed E-state index contributed by atoms with van der Waals surface area (Å²) in [7, 11) is 0. The van der Waals surface area contributed by atoms with E-state index >= 15 is 0 Å². The van der Waals surface area contributed by atoms with Crippen LogP contribution in [0.5, 0.6) is 0 Å². The van der Waals surface area contributed by atoms with Crippen molar-refractivity contribution in [3.05, 3.63) is 78.9 Å². The molecule has 0 amide bonds. The van der Waals surface area contributed by atoms with Gasteiger partial charge in [-0.05, 0) is 0 Å². The van der Waals surface area contributed by atoms with Crippen molar-refractivity contribution in [2.45, 2.75) is 19.8 Å². The molecule has 0 saturated heterocycles. The molecule has 0 aliphatic heterocycles. The van der Waals surface area contributed by atoms with E-state index in [-0.39, 0.29) is 0 Å². The van der Waals surface area contributed by atoms with Crippen molar-refractivity contribution in [3.63, 3.8) is 0 Å². The van der Waals surface area contributed by atoms with Gasteiger partial charge in [-0.3, -0.25) is 6.08 Å². The Labute approximate surface area is 147 Å². The molecule has 3 aromatic carbocycles. The fraction of sp³-hybridized carbons (Fsp3) is 0.143. The summed E-state index contributed by atoms with van der Waals surface area (Å²) in [6.45, 7) is 2.15. The van der Waals surface area contributed by atoms with Gasteiger partial charge in [-0.2, -0.15) is 6.08 Å². The van der Waals surface area contributed by atoms with Gasteiger partial charge in [-0.25, -0.2) is 12.2 Å². The van der Waals surface area contributed by atoms with Gasteiger partial charge in [0.2, 0.25) is 0 Å². The van der Waals surface area contributed by atoms with Crippen molar-refractivity contribution in [1.29, 1.82) is 0 Å². The zero-order chi connectivity index (χ0) is 15.6. The Morgan fingerprint density at radius 2 is 1.59 bits per heavy atom. The third-order valence-electron chi connectivity index (χ3n) is 3.31. The average molecular weight is 364 g/mol. The van der Waals surface area contributed by atoms with Crippen LogP contribution in [-0.2, 0) is 24.2 Å². The van der Waals surface area contributed by atoms with Crippen LogP contribution in [-0.4, -0.2) is 3.71 Å². The van der Waals surface area contributed by atoms with Crippen LogP contribution in [0.2, 0.25) is 0 Å². The monoisotopic (exact) mass is 362 g/mol. The molecular weight excluding hydrogens is 343 g/mol. The minimum Gasteiger partial charge on any atom is -0.273 e. The summed E-state index contributed by atoms with van der Waals surface area (Å²) < 4.78 is 2.22. The van der Waals surface area contributed by atoms with Gasteiger partial charge in [-0.15, -0.1) is 46.2 Å². The fourth-order valence-corrected chi connectivity index (χ4v) is 2.24. The van der Waals surface area contributed by atoms with E-state index in [1.54, 1.807) is 24.2 Å². The van der Waals surface area contributed by atoms with Gasteiger partial charge in [0.15, 0.2) is 0 Å². The number of fused-ring (bicyclic) bond motifs is 3. The Morgan fingerprint density at radius 1 is 1.05 bits per heavy atom. The molecule has 0 spiro atoms. The Balaban J connectivity index is 0.000000163. The van der Waals surface area contributed by atoms with Gasteiger partial charge in [-0.1, -0.05) is 36.4 Å². The van der Waals surface area contributed by atoms with E-state index in [2.05, 4.69) is 77.4 Å². The Kier molecular flexibility index (Phi) is 7.33. The smallest absolute Gasteiger partial charge is 0.0771 e. The van der Waals surface area contributed by atoms with Gasteiger partial charge in [0.1, 0.15) is 0 Å². The second-order valence-electron chi connectivity index (χ2n) is 4.93. The van der Waals surface area contributed by atoms with E-state index < -0.39 is 0 Å². The molecular formula is C21H20Zr. The first-order valence-electron chi connectivity index (χ1n) is 7.60. The maximum Gasteiger partial charge on any atom is -0.0771 e. The minimum absolute atomic E-state index is 1.01. The molecule has 1 heteroatoms. The van der Waals surface area contributed by atoms with E-state index in [9.17, 15) is 0 Å². The van der Waals surface area contributed by atoms with Gasteiger partial charge in [0.05, 0.1) is 0 Å². The molecule has 0 fully saturated rings. The molecule has 1 aliphatic carbocycles. The Hall–Kier alpha value is -1.46. The predicted molar refractivity (Wildman–Crippen MR) is 95.0 cm³/mol. The summed E-state index contributed by atoms with van der Waals surface area (Å²) >= 11 is 1.54. The topological polar surface area (TPSA) is 0 Å². The van der Waals surface area contributed by atoms with Gasteiger partial charge in [0.25, 0.3) is 0 Å². The molecule has 4 rings (SSSR count). The third-order valence-corrected chi connectivity index (χ3v) is 4.32. The Morgan fingerprint density at radius 3 is 1.95 bits per heavy atom. The van der Waals surface area contributed by atoms with Crippen molar-refractivity contribution < 1.29 is 24.2 Å².